The number of rotatable bonds is 3. The Labute approximate surface area is 177 Å². The molecular weight excluding hydrogens is 434 g/mol. The third kappa shape index (κ3) is 3.66. The van der Waals surface area contributed by atoms with Gasteiger partial charge in [-0.1, -0.05) is 58.4 Å². The molecule has 3 aromatic rings. The van der Waals surface area contributed by atoms with Crippen molar-refractivity contribution < 1.29 is 4.79 Å². The Kier molecular flexibility index (Phi) is 5.15. The van der Waals surface area contributed by atoms with E-state index in [-0.39, 0.29) is 11.9 Å². The molecule has 1 unspecified atom stereocenters. The van der Waals surface area contributed by atoms with E-state index in [0.717, 1.165) is 32.2 Å². The monoisotopic (exact) mass is 451 g/mol. The van der Waals surface area contributed by atoms with Gasteiger partial charge in [-0.05, 0) is 59.7 Å². The smallest absolute Gasteiger partial charge is 0.255 e. The van der Waals surface area contributed by atoms with Crippen LogP contribution in [0.2, 0.25) is 0 Å². The first kappa shape index (κ1) is 18.7. The van der Waals surface area contributed by atoms with E-state index in [1.165, 1.54) is 0 Å². The number of allylic oxidation sites excluding steroid dienone is 1. The van der Waals surface area contributed by atoms with Crippen LogP contribution in [0.3, 0.4) is 0 Å². The van der Waals surface area contributed by atoms with Gasteiger partial charge < -0.3 is 16.0 Å². The van der Waals surface area contributed by atoms with Crippen LogP contribution in [0.15, 0.2) is 82.5 Å². The summed E-state index contributed by atoms with van der Waals surface area (Å²) in [7, 11) is 0. The lowest BCUT2D eigenvalue weighted by Crippen LogP contribution is -2.45. The number of hydrogen-bond donors (Lipinski definition) is 3. The van der Waals surface area contributed by atoms with Crippen molar-refractivity contribution in [3.63, 3.8) is 0 Å². The molecule has 3 aromatic carbocycles. The molecule has 0 saturated carbocycles. The fourth-order valence-electron chi connectivity index (χ4n) is 3.46. The molecule has 0 spiro atoms. The summed E-state index contributed by atoms with van der Waals surface area (Å²) in [5, 5.41) is 12.1. The summed E-state index contributed by atoms with van der Waals surface area (Å²) < 4.78 is 0.959. The van der Waals surface area contributed by atoms with Crippen LogP contribution in [-0.4, -0.2) is 11.0 Å². The first-order valence-electron chi connectivity index (χ1n) is 8.86. The summed E-state index contributed by atoms with van der Waals surface area (Å²) in [5.74, 6) is -0.166. The van der Waals surface area contributed by atoms with Gasteiger partial charge in [-0.3, -0.25) is 4.79 Å². The first-order valence-corrected chi connectivity index (χ1v) is 10.1. The molecule has 0 bridgehead atoms. The van der Waals surface area contributed by atoms with Crippen molar-refractivity contribution in [1.29, 1.82) is 0 Å². The maximum Gasteiger partial charge on any atom is 0.255 e. The van der Waals surface area contributed by atoms with Crippen LogP contribution in [0.4, 0.5) is 5.69 Å². The van der Waals surface area contributed by atoms with Crippen molar-refractivity contribution in [1.82, 2.24) is 10.6 Å². The molecule has 4 rings (SSSR count). The number of thiocarbonyl (C=S) groups is 1. The molecule has 3 N–H and O–H groups in total. The van der Waals surface area contributed by atoms with Gasteiger partial charge in [0.1, 0.15) is 0 Å². The fourth-order valence-corrected chi connectivity index (χ4v) is 4.00. The molecule has 4 nitrogen and oxygen atoms in total. The SMILES string of the molecule is CC1=C(C(=O)Nc2ccc(Br)cc2)C(c2cccc3ccccc23)NC(=S)N1. The van der Waals surface area contributed by atoms with Gasteiger partial charge in [0.15, 0.2) is 5.11 Å². The van der Waals surface area contributed by atoms with E-state index >= 15 is 0 Å². The number of carbonyl (C=O) groups is 1. The minimum absolute atomic E-state index is 0.166. The van der Waals surface area contributed by atoms with Crippen LogP contribution in [0.1, 0.15) is 18.5 Å². The van der Waals surface area contributed by atoms with Crippen LogP contribution < -0.4 is 16.0 Å². The topological polar surface area (TPSA) is 53.2 Å². The van der Waals surface area contributed by atoms with Crippen molar-refractivity contribution in [2.75, 3.05) is 5.32 Å². The highest BCUT2D eigenvalue weighted by molar-refractivity contribution is 9.10. The lowest BCUT2D eigenvalue weighted by atomic mass is 9.91. The van der Waals surface area contributed by atoms with Gasteiger partial charge in [-0.25, -0.2) is 0 Å². The van der Waals surface area contributed by atoms with Crippen LogP contribution in [0, 0.1) is 0 Å². The van der Waals surface area contributed by atoms with E-state index in [1.54, 1.807) is 0 Å². The standard InChI is InChI=1S/C22H18BrN3OS/c1-13-19(21(27)25-16-11-9-15(23)10-12-16)20(26-22(28)24-13)18-8-4-6-14-5-2-3-7-17(14)18/h2-12,20H,1H3,(H,25,27)(H2,24,26,28). The Hall–Kier alpha value is -2.70. The number of carbonyl (C=O) groups excluding carboxylic acids is 1. The normalized spacial score (nSPS) is 16.5. The average molecular weight is 452 g/mol. The Morgan fingerprint density at radius 3 is 2.54 bits per heavy atom. The summed E-state index contributed by atoms with van der Waals surface area (Å²) in [4.78, 5) is 13.2. The molecule has 140 valence electrons. The van der Waals surface area contributed by atoms with E-state index in [1.807, 2.05) is 55.5 Å². The molecule has 1 aliphatic heterocycles. The van der Waals surface area contributed by atoms with Gasteiger partial charge in [-0.15, -0.1) is 0 Å². The predicted molar refractivity (Wildman–Crippen MR) is 121 cm³/mol. The maximum absolute atomic E-state index is 13.2. The highest BCUT2D eigenvalue weighted by Gasteiger charge is 2.30. The predicted octanol–water partition coefficient (Wildman–Crippen LogP) is 5.03. The average Bonchev–Trinajstić information content (AvgIpc) is 2.68. The van der Waals surface area contributed by atoms with Crippen molar-refractivity contribution in [3.8, 4) is 0 Å². The number of halogens is 1. The summed E-state index contributed by atoms with van der Waals surface area (Å²) in [6, 6.07) is 21.4. The summed E-state index contributed by atoms with van der Waals surface area (Å²) >= 11 is 8.78. The van der Waals surface area contributed by atoms with Crippen molar-refractivity contribution in [2.24, 2.45) is 0 Å². The van der Waals surface area contributed by atoms with Crippen molar-refractivity contribution in [2.45, 2.75) is 13.0 Å². The largest absolute Gasteiger partial charge is 0.351 e. The van der Waals surface area contributed by atoms with Gasteiger partial charge in [0.05, 0.1) is 11.6 Å². The van der Waals surface area contributed by atoms with E-state index in [4.69, 9.17) is 12.2 Å². The van der Waals surface area contributed by atoms with Crippen LogP contribution in [0.25, 0.3) is 10.8 Å². The lowest BCUT2D eigenvalue weighted by Gasteiger charge is -2.31. The van der Waals surface area contributed by atoms with Crippen LogP contribution in [-0.2, 0) is 4.79 Å². The second kappa shape index (κ2) is 7.73. The van der Waals surface area contributed by atoms with Gasteiger partial charge in [0.2, 0.25) is 0 Å². The molecule has 1 atom stereocenters. The minimum Gasteiger partial charge on any atom is -0.351 e. The molecule has 6 heteroatoms. The zero-order valence-electron chi connectivity index (χ0n) is 15.1. The zero-order valence-corrected chi connectivity index (χ0v) is 17.5. The number of anilines is 1. The molecule has 1 aliphatic rings. The number of hydrogen-bond acceptors (Lipinski definition) is 2. The highest BCUT2D eigenvalue weighted by Crippen LogP contribution is 2.32. The Bertz CT molecular complexity index is 1100. The molecule has 0 aliphatic carbocycles. The third-order valence-corrected chi connectivity index (χ3v) is 5.50. The maximum atomic E-state index is 13.2. The number of nitrogens with one attached hydrogen (secondary N) is 3. The highest BCUT2D eigenvalue weighted by atomic mass is 79.9. The summed E-state index contributed by atoms with van der Waals surface area (Å²) in [6.07, 6.45) is 0. The number of fused-ring (bicyclic) bond motifs is 1. The van der Waals surface area contributed by atoms with Crippen molar-refractivity contribution >= 4 is 55.6 Å². The first-order chi connectivity index (χ1) is 13.5. The van der Waals surface area contributed by atoms with E-state index in [9.17, 15) is 4.79 Å². The lowest BCUT2D eigenvalue weighted by molar-refractivity contribution is -0.113. The summed E-state index contributed by atoms with van der Waals surface area (Å²) in [5.41, 5.74) is 3.12. The third-order valence-electron chi connectivity index (χ3n) is 4.75. The molecule has 28 heavy (non-hydrogen) atoms. The van der Waals surface area contributed by atoms with Gasteiger partial charge in [0.25, 0.3) is 5.91 Å². The van der Waals surface area contributed by atoms with Crippen molar-refractivity contribution in [3.05, 3.63) is 88.0 Å². The molecule has 0 aromatic heterocycles. The molecule has 0 fully saturated rings. The molecular formula is C22H18BrN3OS. The van der Waals surface area contributed by atoms with Gasteiger partial charge in [0, 0.05) is 15.9 Å². The minimum atomic E-state index is -0.338. The van der Waals surface area contributed by atoms with Gasteiger partial charge >= 0.3 is 0 Å². The molecule has 0 radical (unpaired) electrons. The van der Waals surface area contributed by atoms with E-state index < -0.39 is 0 Å². The summed E-state index contributed by atoms with van der Waals surface area (Å²) in [6.45, 7) is 1.88. The quantitative estimate of drug-likeness (QED) is 0.488. The number of amides is 1. The van der Waals surface area contributed by atoms with Crippen LogP contribution in [0.5, 0.6) is 0 Å². The Morgan fingerprint density at radius 1 is 1.04 bits per heavy atom. The molecule has 0 saturated heterocycles. The molecule has 1 amide bonds. The second-order valence-electron chi connectivity index (χ2n) is 6.60. The Morgan fingerprint density at radius 2 is 1.75 bits per heavy atom. The fraction of sp³-hybridized carbons (Fsp3) is 0.0909. The van der Waals surface area contributed by atoms with E-state index in [2.05, 4.69) is 50.1 Å². The van der Waals surface area contributed by atoms with Crippen LogP contribution >= 0.6 is 28.1 Å². The number of benzene rings is 3. The zero-order chi connectivity index (χ0) is 19.7. The Balaban J connectivity index is 1.76. The van der Waals surface area contributed by atoms with Gasteiger partial charge in [-0.2, -0.15) is 0 Å². The second-order valence-corrected chi connectivity index (χ2v) is 7.92. The molecule has 1 heterocycles. The van der Waals surface area contributed by atoms with E-state index in [0.29, 0.717) is 10.7 Å².